The molecule has 2 N–H and O–H groups in total. The molecule has 2 aromatic carbocycles. The lowest BCUT2D eigenvalue weighted by Gasteiger charge is -2.19. The van der Waals surface area contributed by atoms with Gasteiger partial charge in [0.1, 0.15) is 16.3 Å². The van der Waals surface area contributed by atoms with E-state index in [1.54, 1.807) is 13.8 Å². The van der Waals surface area contributed by atoms with Crippen LogP contribution in [0, 0.1) is 34.6 Å². The number of rotatable bonds is 10. The van der Waals surface area contributed by atoms with Crippen LogP contribution in [0.3, 0.4) is 0 Å². The van der Waals surface area contributed by atoms with E-state index >= 15 is 0 Å². The zero-order valence-electron chi connectivity index (χ0n) is 23.3. The number of carboxylic acid groups (broad SMARTS) is 1. The normalized spacial score (nSPS) is 11.6. The SMILES string of the molecule is CCCCCn1c(-c2ccc(SC(C)(C)C(=O)O)cc2C)nc(C(=O)Nc2c(C)cc(C)cc2C)c1C. The number of carboxylic acids is 1. The van der Waals surface area contributed by atoms with Gasteiger partial charge in [-0.2, -0.15) is 0 Å². The molecular weight excluding hydrogens is 482 g/mol. The Morgan fingerprint density at radius 1 is 1.00 bits per heavy atom. The lowest BCUT2D eigenvalue weighted by Crippen LogP contribution is -2.26. The molecule has 0 aliphatic carbocycles. The largest absolute Gasteiger partial charge is 0.480 e. The van der Waals surface area contributed by atoms with E-state index in [0.29, 0.717) is 5.69 Å². The van der Waals surface area contributed by atoms with Gasteiger partial charge in [-0.15, -0.1) is 11.8 Å². The van der Waals surface area contributed by atoms with Crippen molar-refractivity contribution < 1.29 is 14.7 Å². The molecule has 198 valence electrons. The van der Waals surface area contributed by atoms with Gasteiger partial charge in [0.05, 0.1) is 0 Å². The summed E-state index contributed by atoms with van der Waals surface area (Å²) in [5.74, 6) is -0.297. The fourth-order valence-electron chi connectivity index (χ4n) is 4.59. The number of hydrogen-bond donors (Lipinski definition) is 2. The summed E-state index contributed by atoms with van der Waals surface area (Å²) < 4.78 is 1.22. The third-order valence-corrected chi connectivity index (χ3v) is 7.84. The van der Waals surface area contributed by atoms with Gasteiger partial charge in [-0.05, 0) is 89.8 Å². The van der Waals surface area contributed by atoms with Gasteiger partial charge in [-0.3, -0.25) is 9.59 Å². The number of carbonyl (C=O) groups is 2. The highest BCUT2D eigenvalue weighted by atomic mass is 32.2. The van der Waals surface area contributed by atoms with Crippen LogP contribution >= 0.6 is 11.8 Å². The van der Waals surface area contributed by atoms with Gasteiger partial charge in [-0.1, -0.05) is 37.5 Å². The lowest BCUT2D eigenvalue weighted by molar-refractivity contribution is -0.138. The minimum atomic E-state index is -0.930. The smallest absolute Gasteiger partial charge is 0.319 e. The number of imidazole rings is 1. The molecule has 0 aliphatic heterocycles. The van der Waals surface area contributed by atoms with E-state index in [1.165, 1.54) is 11.8 Å². The highest BCUT2D eigenvalue weighted by molar-refractivity contribution is 8.01. The van der Waals surface area contributed by atoms with Crippen LogP contribution in [0.5, 0.6) is 0 Å². The number of carbonyl (C=O) groups excluding carboxylic acids is 1. The van der Waals surface area contributed by atoms with Crippen LogP contribution in [0.25, 0.3) is 11.4 Å². The molecule has 1 aromatic heterocycles. The second-order valence-electron chi connectivity index (χ2n) is 10.4. The van der Waals surface area contributed by atoms with Crippen LogP contribution in [0.15, 0.2) is 35.2 Å². The summed E-state index contributed by atoms with van der Waals surface area (Å²) >= 11 is 1.32. The standard InChI is InChI=1S/C30H39N3O3S/c1-9-10-11-14-33-22(6)26(28(34)32-25-20(4)15-18(2)16-21(25)5)31-27(33)24-13-12-23(17-19(24)3)37-30(7,8)29(35)36/h12-13,15-17H,9-11,14H2,1-8H3,(H,32,34)(H,35,36). The number of aromatic nitrogens is 2. The van der Waals surface area contributed by atoms with Crippen LogP contribution < -0.4 is 5.32 Å². The number of thioether (sulfide) groups is 1. The molecule has 0 bridgehead atoms. The zero-order chi connectivity index (χ0) is 27.5. The Morgan fingerprint density at radius 3 is 2.22 bits per heavy atom. The van der Waals surface area contributed by atoms with E-state index < -0.39 is 10.7 Å². The van der Waals surface area contributed by atoms with E-state index in [1.807, 2.05) is 45.9 Å². The second-order valence-corrected chi connectivity index (χ2v) is 12.0. The Morgan fingerprint density at radius 2 is 1.65 bits per heavy atom. The monoisotopic (exact) mass is 521 g/mol. The van der Waals surface area contributed by atoms with E-state index in [4.69, 9.17) is 4.98 Å². The maximum atomic E-state index is 13.5. The van der Waals surface area contributed by atoms with Crippen molar-refractivity contribution in [3.8, 4) is 11.4 Å². The minimum absolute atomic E-state index is 0.212. The number of benzene rings is 2. The number of nitrogens with zero attached hydrogens (tertiary/aromatic N) is 2. The predicted octanol–water partition coefficient (Wildman–Crippen LogP) is 7.49. The molecule has 7 heteroatoms. The fraction of sp³-hybridized carbons (Fsp3) is 0.433. The van der Waals surface area contributed by atoms with Crippen molar-refractivity contribution in [1.82, 2.24) is 9.55 Å². The summed E-state index contributed by atoms with van der Waals surface area (Å²) in [5.41, 5.74) is 7.25. The Kier molecular flexibility index (Phi) is 8.90. The molecule has 0 atom stereocenters. The number of hydrogen-bond acceptors (Lipinski definition) is 4. The van der Waals surface area contributed by atoms with Gasteiger partial charge in [-0.25, -0.2) is 4.98 Å². The van der Waals surface area contributed by atoms with Crippen LogP contribution in [-0.2, 0) is 11.3 Å². The van der Waals surface area contributed by atoms with Crippen molar-refractivity contribution in [3.63, 3.8) is 0 Å². The van der Waals surface area contributed by atoms with Crippen molar-refractivity contribution in [2.24, 2.45) is 0 Å². The van der Waals surface area contributed by atoms with Crippen molar-refractivity contribution in [3.05, 3.63) is 64.0 Å². The number of nitrogens with one attached hydrogen (secondary N) is 1. The van der Waals surface area contributed by atoms with Crippen LogP contribution in [0.4, 0.5) is 5.69 Å². The average molecular weight is 522 g/mol. The average Bonchev–Trinajstić information content (AvgIpc) is 3.12. The quantitative estimate of drug-likeness (QED) is 0.213. The van der Waals surface area contributed by atoms with Gasteiger partial charge < -0.3 is 15.0 Å². The first kappa shape index (κ1) is 28.5. The molecule has 0 spiro atoms. The molecule has 3 aromatic rings. The van der Waals surface area contributed by atoms with E-state index in [9.17, 15) is 14.7 Å². The van der Waals surface area contributed by atoms with Crippen LogP contribution in [-0.4, -0.2) is 31.3 Å². The molecule has 0 saturated carbocycles. The highest BCUT2D eigenvalue weighted by Gasteiger charge is 2.29. The molecule has 6 nitrogen and oxygen atoms in total. The Hall–Kier alpha value is -3.06. The molecule has 0 aliphatic rings. The first-order valence-electron chi connectivity index (χ1n) is 12.9. The van der Waals surface area contributed by atoms with E-state index in [2.05, 4.69) is 35.9 Å². The first-order chi connectivity index (χ1) is 17.4. The van der Waals surface area contributed by atoms with Gasteiger partial charge in [0, 0.05) is 28.4 Å². The minimum Gasteiger partial charge on any atom is -0.480 e. The van der Waals surface area contributed by atoms with E-state index in [0.717, 1.165) is 75.7 Å². The summed E-state index contributed by atoms with van der Waals surface area (Å²) in [5, 5.41) is 12.6. The molecule has 0 unspecified atom stereocenters. The van der Waals surface area contributed by atoms with Gasteiger partial charge in [0.25, 0.3) is 5.91 Å². The Bertz CT molecular complexity index is 1300. The third kappa shape index (κ3) is 6.45. The molecule has 0 saturated heterocycles. The number of aryl methyl sites for hydroxylation is 4. The number of anilines is 1. The highest BCUT2D eigenvalue weighted by Crippen LogP contribution is 2.36. The molecule has 1 amide bonds. The maximum absolute atomic E-state index is 13.5. The van der Waals surface area contributed by atoms with Crippen LogP contribution in [0.2, 0.25) is 0 Å². The molecular formula is C30H39N3O3S. The Labute approximate surface area is 224 Å². The first-order valence-corrected chi connectivity index (χ1v) is 13.7. The molecule has 3 rings (SSSR count). The van der Waals surface area contributed by atoms with E-state index in [-0.39, 0.29) is 5.91 Å². The number of amides is 1. The summed E-state index contributed by atoms with van der Waals surface area (Å²) in [4.78, 5) is 30.8. The van der Waals surface area contributed by atoms with Crippen molar-refractivity contribution in [2.75, 3.05) is 5.32 Å². The molecule has 37 heavy (non-hydrogen) atoms. The van der Waals surface area contributed by atoms with Gasteiger partial charge in [0.15, 0.2) is 0 Å². The summed E-state index contributed by atoms with van der Waals surface area (Å²) in [6.07, 6.45) is 3.20. The number of unbranched alkanes of at least 4 members (excludes halogenated alkanes) is 2. The van der Waals surface area contributed by atoms with Crippen molar-refractivity contribution in [1.29, 1.82) is 0 Å². The van der Waals surface area contributed by atoms with Gasteiger partial charge >= 0.3 is 5.97 Å². The fourth-order valence-corrected chi connectivity index (χ4v) is 5.64. The van der Waals surface area contributed by atoms with Gasteiger partial charge in [0.2, 0.25) is 0 Å². The molecule has 1 heterocycles. The second kappa shape index (κ2) is 11.5. The summed E-state index contributed by atoms with van der Waals surface area (Å²) in [6.45, 7) is 16.4. The van der Waals surface area contributed by atoms with Crippen molar-refractivity contribution in [2.45, 2.75) is 90.8 Å². The van der Waals surface area contributed by atoms with Crippen molar-refractivity contribution >= 4 is 29.3 Å². The third-order valence-electron chi connectivity index (χ3n) is 6.66. The lowest BCUT2D eigenvalue weighted by atomic mass is 10.0. The topological polar surface area (TPSA) is 84.2 Å². The molecule has 0 radical (unpaired) electrons. The summed E-state index contributed by atoms with van der Waals surface area (Å²) in [6, 6.07) is 10.1. The number of aliphatic carboxylic acids is 1. The maximum Gasteiger partial charge on any atom is 0.319 e. The predicted molar refractivity (Wildman–Crippen MR) is 153 cm³/mol. The molecule has 0 fully saturated rings. The zero-order valence-corrected chi connectivity index (χ0v) is 24.1. The van der Waals surface area contributed by atoms with Crippen LogP contribution in [0.1, 0.15) is 78.5 Å². The Balaban J connectivity index is 2.02. The summed E-state index contributed by atoms with van der Waals surface area (Å²) in [7, 11) is 0.